The van der Waals surface area contributed by atoms with Gasteiger partial charge in [-0.3, -0.25) is 14.2 Å². The zero-order chi connectivity index (χ0) is 18.8. The summed E-state index contributed by atoms with van der Waals surface area (Å²) in [6.07, 6.45) is 1.51. The highest BCUT2D eigenvalue weighted by atomic mass is 19.1. The fraction of sp³-hybridized carbons (Fsp3) is 0.238. The van der Waals surface area contributed by atoms with E-state index >= 15 is 0 Å². The summed E-state index contributed by atoms with van der Waals surface area (Å²) in [5.41, 5.74) is 1.88. The van der Waals surface area contributed by atoms with Crippen molar-refractivity contribution in [1.82, 2.24) is 9.47 Å². The number of fused-ring (bicyclic) bond motifs is 1. The molecular weight excluding hydrogens is 331 g/mol. The fourth-order valence-electron chi connectivity index (χ4n) is 3.06. The lowest BCUT2D eigenvalue weighted by Gasteiger charge is -2.26. The second kappa shape index (κ2) is 7.12. The van der Waals surface area contributed by atoms with Gasteiger partial charge in [0.15, 0.2) is 0 Å². The molecular formula is C21H21FN2O2. The summed E-state index contributed by atoms with van der Waals surface area (Å²) in [5.74, 6) is -0.883. The van der Waals surface area contributed by atoms with Crippen LogP contribution in [-0.2, 0) is 6.54 Å². The molecule has 3 aromatic rings. The number of amides is 1. The Labute approximate surface area is 151 Å². The summed E-state index contributed by atoms with van der Waals surface area (Å²) in [7, 11) is 0. The first-order valence-corrected chi connectivity index (χ1v) is 8.55. The number of rotatable bonds is 4. The van der Waals surface area contributed by atoms with Gasteiger partial charge in [-0.25, -0.2) is 4.39 Å². The molecule has 0 fully saturated rings. The molecule has 0 unspecified atom stereocenters. The molecule has 134 valence electrons. The van der Waals surface area contributed by atoms with Gasteiger partial charge in [-0.2, -0.15) is 0 Å². The molecule has 0 radical (unpaired) electrons. The molecule has 26 heavy (non-hydrogen) atoms. The van der Waals surface area contributed by atoms with Gasteiger partial charge in [0.25, 0.3) is 5.91 Å². The number of halogens is 1. The Morgan fingerprint density at radius 1 is 1.12 bits per heavy atom. The molecule has 1 heterocycles. The van der Waals surface area contributed by atoms with Crippen molar-refractivity contribution in [2.75, 3.05) is 0 Å². The summed E-state index contributed by atoms with van der Waals surface area (Å²) in [6.45, 7) is 5.73. The van der Waals surface area contributed by atoms with E-state index < -0.39 is 5.82 Å². The third-order valence-electron chi connectivity index (χ3n) is 4.42. The van der Waals surface area contributed by atoms with Crippen LogP contribution in [0.3, 0.4) is 0 Å². The van der Waals surface area contributed by atoms with Crippen LogP contribution in [0, 0.1) is 5.82 Å². The Morgan fingerprint density at radius 3 is 2.42 bits per heavy atom. The van der Waals surface area contributed by atoms with Crippen LogP contribution < -0.4 is 0 Å². The predicted octanol–water partition coefficient (Wildman–Crippen LogP) is 4.49. The van der Waals surface area contributed by atoms with Gasteiger partial charge in [-0.15, -0.1) is 0 Å². The van der Waals surface area contributed by atoms with Gasteiger partial charge in [0.1, 0.15) is 5.82 Å². The first-order chi connectivity index (χ1) is 12.4. The number of aromatic nitrogens is 1. The van der Waals surface area contributed by atoms with Gasteiger partial charge in [0.2, 0.25) is 5.91 Å². The van der Waals surface area contributed by atoms with Crippen molar-refractivity contribution in [3.05, 3.63) is 71.7 Å². The van der Waals surface area contributed by atoms with Gasteiger partial charge >= 0.3 is 0 Å². The lowest BCUT2D eigenvalue weighted by Crippen LogP contribution is -2.36. The predicted molar refractivity (Wildman–Crippen MR) is 99.6 cm³/mol. The van der Waals surface area contributed by atoms with E-state index in [-0.39, 0.29) is 17.9 Å². The number of hydrogen-bond donors (Lipinski definition) is 0. The lowest BCUT2D eigenvalue weighted by atomic mass is 10.1. The van der Waals surface area contributed by atoms with Crippen LogP contribution in [-0.4, -0.2) is 27.3 Å². The number of hydrogen-bond acceptors (Lipinski definition) is 2. The standard InChI is InChI=1S/C21H21FN2O2/c1-14(2)23(12-16-7-5-4-6-8-16)21(26)19-13-24(15(3)25)20-10-9-17(22)11-18(19)20/h4-11,13-14H,12H2,1-3H3. The molecule has 0 bridgehead atoms. The van der Waals surface area contributed by atoms with Crippen molar-refractivity contribution in [3.63, 3.8) is 0 Å². The monoisotopic (exact) mass is 352 g/mol. The molecule has 0 spiro atoms. The van der Waals surface area contributed by atoms with Crippen LogP contribution in [0.5, 0.6) is 0 Å². The molecule has 0 saturated carbocycles. The third kappa shape index (κ3) is 3.38. The molecule has 0 aliphatic carbocycles. The lowest BCUT2D eigenvalue weighted by molar-refractivity contribution is 0.0692. The Bertz CT molecular complexity index is 961. The SMILES string of the molecule is CC(=O)n1cc(C(=O)N(Cc2ccccc2)C(C)C)c2cc(F)ccc21. The second-order valence-electron chi connectivity index (χ2n) is 6.61. The summed E-state index contributed by atoms with van der Waals surface area (Å²) in [6, 6.07) is 13.8. The second-order valence-corrected chi connectivity index (χ2v) is 6.61. The van der Waals surface area contributed by atoms with Crippen molar-refractivity contribution in [2.45, 2.75) is 33.4 Å². The molecule has 0 N–H and O–H groups in total. The first-order valence-electron chi connectivity index (χ1n) is 8.55. The van der Waals surface area contributed by atoms with Crippen molar-refractivity contribution in [3.8, 4) is 0 Å². The van der Waals surface area contributed by atoms with Crippen LogP contribution in [0.4, 0.5) is 4.39 Å². The van der Waals surface area contributed by atoms with Gasteiger partial charge in [0.05, 0.1) is 11.1 Å². The van der Waals surface area contributed by atoms with E-state index in [2.05, 4.69) is 0 Å². The van der Waals surface area contributed by atoms with Crippen molar-refractivity contribution >= 4 is 22.7 Å². The smallest absolute Gasteiger partial charge is 0.256 e. The zero-order valence-corrected chi connectivity index (χ0v) is 15.1. The van der Waals surface area contributed by atoms with E-state index in [4.69, 9.17) is 0 Å². The Morgan fingerprint density at radius 2 is 1.81 bits per heavy atom. The number of nitrogens with zero attached hydrogens (tertiary/aromatic N) is 2. The van der Waals surface area contributed by atoms with Crippen LogP contribution in [0.15, 0.2) is 54.7 Å². The van der Waals surface area contributed by atoms with Crippen LogP contribution >= 0.6 is 0 Å². The summed E-state index contributed by atoms with van der Waals surface area (Å²) in [5, 5.41) is 0.448. The molecule has 0 saturated heterocycles. The van der Waals surface area contributed by atoms with Crippen molar-refractivity contribution < 1.29 is 14.0 Å². The first kappa shape index (κ1) is 17.9. The van der Waals surface area contributed by atoms with E-state index in [1.807, 2.05) is 44.2 Å². The molecule has 1 amide bonds. The molecule has 4 nitrogen and oxygen atoms in total. The zero-order valence-electron chi connectivity index (χ0n) is 15.1. The minimum absolute atomic E-state index is 0.0491. The van der Waals surface area contributed by atoms with Gasteiger partial charge in [-0.1, -0.05) is 30.3 Å². The minimum atomic E-state index is -0.438. The van der Waals surface area contributed by atoms with E-state index in [0.717, 1.165) is 5.56 Å². The van der Waals surface area contributed by atoms with Crippen molar-refractivity contribution in [2.24, 2.45) is 0 Å². The topological polar surface area (TPSA) is 42.3 Å². The molecule has 3 rings (SSSR count). The molecule has 1 aromatic heterocycles. The highest BCUT2D eigenvalue weighted by molar-refractivity contribution is 6.09. The van der Waals surface area contributed by atoms with E-state index in [1.54, 1.807) is 4.90 Å². The van der Waals surface area contributed by atoms with Gasteiger partial charge in [-0.05, 0) is 37.6 Å². The maximum Gasteiger partial charge on any atom is 0.256 e. The Balaban J connectivity index is 2.07. The summed E-state index contributed by atoms with van der Waals surface area (Å²) < 4.78 is 15.2. The maximum atomic E-state index is 13.8. The van der Waals surface area contributed by atoms with Crippen LogP contribution in [0.25, 0.3) is 10.9 Å². The highest BCUT2D eigenvalue weighted by Gasteiger charge is 2.24. The third-order valence-corrected chi connectivity index (χ3v) is 4.42. The molecule has 2 aromatic carbocycles. The maximum absolute atomic E-state index is 13.8. The fourth-order valence-corrected chi connectivity index (χ4v) is 3.06. The summed E-state index contributed by atoms with van der Waals surface area (Å²) in [4.78, 5) is 26.9. The Kier molecular flexibility index (Phi) is 4.89. The van der Waals surface area contributed by atoms with Gasteiger partial charge < -0.3 is 4.90 Å². The van der Waals surface area contributed by atoms with Crippen LogP contribution in [0.1, 0.15) is 41.5 Å². The Hall–Kier alpha value is -2.95. The number of carbonyl (C=O) groups is 2. The average molecular weight is 352 g/mol. The van der Waals surface area contributed by atoms with E-state index in [9.17, 15) is 14.0 Å². The normalized spacial score (nSPS) is 11.1. The molecule has 0 aliphatic heterocycles. The average Bonchev–Trinajstić information content (AvgIpc) is 2.98. The van der Waals surface area contributed by atoms with E-state index in [0.29, 0.717) is 23.0 Å². The summed E-state index contributed by atoms with van der Waals surface area (Å²) >= 11 is 0. The number of carbonyl (C=O) groups excluding carboxylic acids is 2. The molecule has 5 heteroatoms. The quantitative estimate of drug-likeness (QED) is 0.694. The largest absolute Gasteiger partial charge is 0.332 e. The number of benzene rings is 2. The minimum Gasteiger partial charge on any atom is -0.332 e. The van der Waals surface area contributed by atoms with Gasteiger partial charge in [0, 0.05) is 31.1 Å². The van der Waals surface area contributed by atoms with E-state index in [1.165, 1.54) is 35.9 Å². The molecule has 0 aliphatic rings. The highest BCUT2D eigenvalue weighted by Crippen LogP contribution is 2.25. The molecule has 0 atom stereocenters. The van der Waals surface area contributed by atoms with Crippen molar-refractivity contribution in [1.29, 1.82) is 0 Å². The van der Waals surface area contributed by atoms with Crippen LogP contribution in [0.2, 0.25) is 0 Å².